The molecule has 2 nitrogen and oxygen atoms in total. The van der Waals surface area contributed by atoms with Crippen LogP contribution in [0.3, 0.4) is 0 Å². The minimum atomic E-state index is 0.215. The molecule has 0 heterocycles. The van der Waals surface area contributed by atoms with Crippen LogP contribution in [0.2, 0.25) is 0 Å². The molecule has 0 saturated heterocycles. The van der Waals surface area contributed by atoms with E-state index in [4.69, 9.17) is 0 Å². The predicted molar refractivity (Wildman–Crippen MR) is 87.0 cm³/mol. The number of halogens is 1. The van der Waals surface area contributed by atoms with Crippen molar-refractivity contribution >= 4 is 15.9 Å². The molecule has 0 radical (unpaired) electrons. The van der Waals surface area contributed by atoms with Crippen LogP contribution in [-0.2, 0) is 6.42 Å². The van der Waals surface area contributed by atoms with Crippen LogP contribution in [0.15, 0.2) is 53.0 Å². The first-order valence-corrected chi connectivity index (χ1v) is 7.63. The summed E-state index contributed by atoms with van der Waals surface area (Å²) in [5.41, 5.74) is 2.42. The second-order valence-corrected chi connectivity index (χ2v) is 6.13. The van der Waals surface area contributed by atoms with Crippen LogP contribution < -0.4 is 5.32 Å². The molecule has 106 valence electrons. The Morgan fingerprint density at radius 3 is 2.45 bits per heavy atom. The van der Waals surface area contributed by atoms with E-state index in [1.54, 1.807) is 6.07 Å². The molecular formula is C17H20BrNO. The van der Waals surface area contributed by atoms with Gasteiger partial charge in [0, 0.05) is 16.6 Å². The summed E-state index contributed by atoms with van der Waals surface area (Å²) in [5.74, 6) is 0.316. The summed E-state index contributed by atoms with van der Waals surface area (Å²) in [6.07, 6.45) is 0.983. The van der Waals surface area contributed by atoms with Crippen molar-refractivity contribution in [1.82, 2.24) is 5.32 Å². The first kappa shape index (κ1) is 15.1. The highest BCUT2D eigenvalue weighted by Crippen LogP contribution is 2.19. The van der Waals surface area contributed by atoms with E-state index in [2.05, 4.69) is 59.4 Å². The van der Waals surface area contributed by atoms with Crippen molar-refractivity contribution in [2.24, 2.45) is 0 Å². The minimum absolute atomic E-state index is 0.215. The molecule has 2 atom stereocenters. The van der Waals surface area contributed by atoms with Crippen LogP contribution in [0.4, 0.5) is 0 Å². The molecule has 3 heteroatoms. The van der Waals surface area contributed by atoms with Crippen LogP contribution in [-0.4, -0.2) is 11.1 Å². The molecule has 0 bridgehead atoms. The molecule has 2 N–H and O–H groups in total. The summed E-state index contributed by atoms with van der Waals surface area (Å²) in [4.78, 5) is 0. The molecule has 0 aliphatic heterocycles. The number of phenols is 1. The average molecular weight is 334 g/mol. The van der Waals surface area contributed by atoms with Gasteiger partial charge in [0.25, 0.3) is 0 Å². The van der Waals surface area contributed by atoms with Crippen molar-refractivity contribution in [3.8, 4) is 5.75 Å². The summed E-state index contributed by atoms with van der Waals surface area (Å²) >= 11 is 3.45. The van der Waals surface area contributed by atoms with Crippen LogP contribution in [0.1, 0.15) is 31.0 Å². The summed E-state index contributed by atoms with van der Waals surface area (Å²) in [6, 6.07) is 16.4. The highest BCUT2D eigenvalue weighted by molar-refractivity contribution is 9.10. The highest BCUT2D eigenvalue weighted by atomic mass is 79.9. The zero-order valence-corrected chi connectivity index (χ0v) is 13.4. The van der Waals surface area contributed by atoms with Gasteiger partial charge in [-0.1, -0.05) is 40.2 Å². The maximum Gasteiger partial charge on any atom is 0.115 e. The summed E-state index contributed by atoms with van der Waals surface area (Å²) in [6.45, 7) is 4.30. The van der Waals surface area contributed by atoms with Gasteiger partial charge < -0.3 is 10.4 Å². The molecule has 0 fully saturated rings. The van der Waals surface area contributed by atoms with Gasteiger partial charge in [-0.25, -0.2) is 0 Å². The van der Waals surface area contributed by atoms with Crippen molar-refractivity contribution in [3.63, 3.8) is 0 Å². The Kier molecular flexibility index (Phi) is 5.21. The third kappa shape index (κ3) is 4.36. The fourth-order valence-corrected chi connectivity index (χ4v) is 2.61. The quantitative estimate of drug-likeness (QED) is 0.847. The Bertz CT molecular complexity index is 553. The number of phenolic OH excluding ortho intramolecular Hbond substituents is 1. The Hall–Kier alpha value is -1.32. The molecule has 0 amide bonds. The lowest BCUT2D eigenvalue weighted by atomic mass is 10.0. The van der Waals surface area contributed by atoms with E-state index >= 15 is 0 Å². The van der Waals surface area contributed by atoms with Crippen molar-refractivity contribution in [2.45, 2.75) is 32.4 Å². The zero-order valence-electron chi connectivity index (χ0n) is 11.8. The molecule has 0 aromatic heterocycles. The van der Waals surface area contributed by atoms with Gasteiger partial charge in [0.1, 0.15) is 5.75 Å². The van der Waals surface area contributed by atoms with Crippen molar-refractivity contribution in [1.29, 1.82) is 0 Å². The topological polar surface area (TPSA) is 32.3 Å². The minimum Gasteiger partial charge on any atom is -0.508 e. The molecule has 2 unspecified atom stereocenters. The lowest BCUT2D eigenvalue weighted by Crippen LogP contribution is -2.30. The van der Waals surface area contributed by atoms with Gasteiger partial charge in [-0.2, -0.15) is 0 Å². The number of rotatable bonds is 5. The average Bonchev–Trinajstić information content (AvgIpc) is 2.41. The first-order chi connectivity index (χ1) is 9.54. The number of hydrogen-bond acceptors (Lipinski definition) is 2. The lowest BCUT2D eigenvalue weighted by Gasteiger charge is -2.20. The van der Waals surface area contributed by atoms with E-state index in [0.717, 1.165) is 16.5 Å². The van der Waals surface area contributed by atoms with Crippen LogP contribution >= 0.6 is 15.9 Å². The number of hydrogen-bond donors (Lipinski definition) is 2. The fraction of sp³-hybridized carbons (Fsp3) is 0.294. The van der Waals surface area contributed by atoms with Crippen molar-refractivity contribution < 1.29 is 5.11 Å². The normalized spacial score (nSPS) is 13.9. The van der Waals surface area contributed by atoms with Crippen LogP contribution in [0.25, 0.3) is 0 Å². The molecular weight excluding hydrogens is 314 g/mol. The van der Waals surface area contributed by atoms with Gasteiger partial charge >= 0.3 is 0 Å². The van der Waals surface area contributed by atoms with Crippen molar-refractivity contribution in [2.75, 3.05) is 0 Å². The van der Waals surface area contributed by atoms with Gasteiger partial charge in [0.15, 0.2) is 0 Å². The summed E-state index contributed by atoms with van der Waals surface area (Å²) in [7, 11) is 0. The number of aromatic hydroxyl groups is 1. The summed E-state index contributed by atoms with van der Waals surface area (Å²) < 4.78 is 1.11. The maximum absolute atomic E-state index is 9.53. The first-order valence-electron chi connectivity index (χ1n) is 6.84. The maximum atomic E-state index is 9.53. The zero-order chi connectivity index (χ0) is 14.5. The van der Waals surface area contributed by atoms with E-state index in [1.165, 1.54) is 5.56 Å². The molecule has 0 aliphatic carbocycles. The van der Waals surface area contributed by atoms with Crippen molar-refractivity contribution in [3.05, 3.63) is 64.1 Å². The Balaban J connectivity index is 1.93. The molecule has 0 saturated carbocycles. The Morgan fingerprint density at radius 1 is 1.10 bits per heavy atom. The second-order valence-electron chi connectivity index (χ2n) is 5.21. The molecule has 0 spiro atoms. The highest BCUT2D eigenvalue weighted by Gasteiger charge is 2.10. The van der Waals surface area contributed by atoms with Gasteiger partial charge in [0.05, 0.1) is 0 Å². The third-order valence-corrected chi connectivity index (χ3v) is 3.89. The standard InChI is InChI=1S/C17H20BrNO/c1-12(10-14-6-8-16(18)9-7-14)19-13(2)15-4-3-5-17(20)11-15/h3-9,11-13,19-20H,10H2,1-2H3. The van der Waals surface area contributed by atoms with E-state index in [-0.39, 0.29) is 6.04 Å². The lowest BCUT2D eigenvalue weighted by molar-refractivity contribution is 0.461. The molecule has 2 aromatic rings. The number of benzene rings is 2. The molecule has 2 rings (SSSR count). The monoisotopic (exact) mass is 333 g/mol. The van der Waals surface area contributed by atoms with Gasteiger partial charge in [-0.3, -0.25) is 0 Å². The van der Waals surface area contributed by atoms with Gasteiger partial charge in [-0.15, -0.1) is 0 Å². The van der Waals surface area contributed by atoms with E-state index in [0.29, 0.717) is 11.8 Å². The molecule has 20 heavy (non-hydrogen) atoms. The van der Waals surface area contributed by atoms with Crippen LogP contribution in [0.5, 0.6) is 5.75 Å². The largest absolute Gasteiger partial charge is 0.508 e. The summed E-state index contributed by atoms with van der Waals surface area (Å²) in [5, 5.41) is 13.1. The Morgan fingerprint density at radius 2 is 1.80 bits per heavy atom. The molecule has 2 aromatic carbocycles. The number of nitrogens with one attached hydrogen (secondary N) is 1. The van der Waals surface area contributed by atoms with Crippen LogP contribution in [0, 0.1) is 0 Å². The second kappa shape index (κ2) is 6.91. The van der Waals surface area contributed by atoms with Gasteiger partial charge in [-0.05, 0) is 55.7 Å². The van der Waals surface area contributed by atoms with E-state index < -0.39 is 0 Å². The van der Waals surface area contributed by atoms with E-state index in [1.807, 2.05) is 18.2 Å². The van der Waals surface area contributed by atoms with Gasteiger partial charge in [0.2, 0.25) is 0 Å². The predicted octanol–water partition coefficient (Wildman–Crippen LogP) is 4.44. The third-order valence-electron chi connectivity index (χ3n) is 3.36. The smallest absolute Gasteiger partial charge is 0.115 e. The Labute approximate surface area is 129 Å². The fourth-order valence-electron chi connectivity index (χ4n) is 2.35. The SMILES string of the molecule is CC(Cc1ccc(Br)cc1)NC(C)c1cccc(O)c1. The molecule has 0 aliphatic rings. The van der Waals surface area contributed by atoms with E-state index in [9.17, 15) is 5.11 Å².